The molecule has 1 heterocycles. The lowest BCUT2D eigenvalue weighted by Gasteiger charge is -2.31. The fourth-order valence-corrected chi connectivity index (χ4v) is 4.23. The van der Waals surface area contributed by atoms with Crippen LogP contribution in [0.3, 0.4) is 0 Å². The van der Waals surface area contributed by atoms with Gasteiger partial charge in [-0.1, -0.05) is 13.0 Å². The van der Waals surface area contributed by atoms with E-state index in [1.165, 1.54) is 4.88 Å². The van der Waals surface area contributed by atoms with Crippen LogP contribution in [0.2, 0.25) is 0 Å². The standard InChI is InChI=1S/C21H36N4O2S.HI/c1-15(13-18-7-6-12-28-18)14-23-19(22-5)24-16-8-10-17(11-9-16)25-20(26)27-21(2,3)4;/h6-7,12,15-17H,8-11,13-14H2,1-5H3,(H,25,26)(H2,22,23,24);1H. The van der Waals surface area contributed by atoms with Gasteiger partial charge in [0.1, 0.15) is 5.60 Å². The first kappa shape index (κ1) is 26.0. The molecule has 6 nitrogen and oxygen atoms in total. The van der Waals surface area contributed by atoms with Gasteiger partial charge in [-0.3, -0.25) is 4.99 Å². The Kier molecular flexibility index (Phi) is 11.3. The van der Waals surface area contributed by atoms with Crippen molar-refractivity contribution < 1.29 is 9.53 Å². The average molecular weight is 537 g/mol. The normalized spacial score (nSPS) is 20.9. The highest BCUT2D eigenvalue weighted by Gasteiger charge is 2.25. The maximum absolute atomic E-state index is 11.9. The molecule has 0 aromatic carbocycles. The Morgan fingerprint density at radius 2 is 1.86 bits per heavy atom. The maximum atomic E-state index is 11.9. The Labute approximate surface area is 196 Å². The van der Waals surface area contributed by atoms with Crippen LogP contribution in [0.5, 0.6) is 0 Å². The Morgan fingerprint density at radius 1 is 1.24 bits per heavy atom. The van der Waals surface area contributed by atoms with Crippen LogP contribution in [-0.4, -0.2) is 43.3 Å². The highest BCUT2D eigenvalue weighted by Crippen LogP contribution is 2.19. The van der Waals surface area contributed by atoms with E-state index >= 15 is 0 Å². The van der Waals surface area contributed by atoms with E-state index < -0.39 is 5.60 Å². The molecule has 1 saturated carbocycles. The second kappa shape index (κ2) is 12.6. The van der Waals surface area contributed by atoms with Crippen molar-refractivity contribution in [2.75, 3.05) is 13.6 Å². The molecular weight excluding hydrogens is 499 g/mol. The number of hydrogen-bond donors (Lipinski definition) is 3. The van der Waals surface area contributed by atoms with Crippen molar-refractivity contribution in [1.29, 1.82) is 0 Å². The lowest BCUT2D eigenvalue weighted by atomic mass is 9.91. The summed E-state index contributed by atoms with van der Waals surface area (Å²) in [4.78, 5) is 17.7. The molecule has 1 fully saturated rings. The quantitative estimate of drug-likeness (QED) is 0.284. The summed E-state index contributed by atoms with van der Waals surface area (Å²) in [5.74, 6) is 1.41. The Morgan fingerprint density at radius 3 is 2.38 bits per heavy atom. The number of aliphatic imine (C=N–C) groups is 1. The summed E-state index contributed by atoms with van der Waals surface area (Å²) in [5, 5.41) is 12.1. The van der Waals surface area contributed by atoms with Crippen molar-refractivity contribution in [2.24, 2.45) is 10.9 Å². The predicted molar refractivity (Wildman–Crippen MR) is 133 cm³/mol. The largest absolute Gasteiger partial charge is 0.444 e. The van der Waals surface area contributed by atoms with Crippen LogP contribution in [0, 0.1) is 5.92 Å². The Hall–Kier alpha value is -1.03. The molecular formula is C21H37IN4O2S. The van der Waals surface area contributed by atoms with Crippen LogP contribution in [0.1, 0.15) is 58.3 Å². The molecule has 166 valence electrons. The number of hydrogen-bond acceptors (Lipinski definition) is 4. The number of halogens is 1. The summed E-state index contributed by atoms with van der Waals surface area (Å²) in [6.45, 7) is 8.80. The van der Waals surface area contributed by atoms with Gasteiger partial charge in [-0.25, -0.2) is 4.79 Å². The minimum atomic E-state index is -0.457. The first-order valence-corrected chi connectivity index (χ1v) is 11.1. The predicted octanol–water partition coefficient (Wildman–Crippen LogP) is 4.55. The molecule has 1 aromatic rings. The number of carbonyl (C=O) groups excluding carboxylic acids is 1. The molecule has 1 aliphatic rings. The van der Waals surface area contributed by atoms with E-state index in [-0.39, 0.29) is 36.1 Å². The molecule has 1 unspecified atom stereocenters. The van der Waals surface area contributed by atoms with Crippen LogP contribution >= 0.6 is 35.3 Å². The molecule has 0 bridgehead atoms. The van der Waals surface area contributed by atoms with Gasteiger partial charge in [0, 0.05) is 30.6 Å². The molecule has 3 N–H and O–H groups in total. The lowest BCUT2D eigenvalue weighted by molar-refractivity contribution is 0.0490. The average Bonchev–Trinajstić information content (AvgIpc) is 3.11. The minimum absolute atomic E-state index is 0. The van der Waals surface area contributed by atoms with Gasteiger partial charge in [0.2, 0.25) is 0 Å². The third-order valence-electron chi connectivity index (χ3n) is 4.76. The molecule has 2 rings (SSSR count). The van der Waals surface area contributed by atoms with E-state index in [9.17, 15) is 4.79 Å². The molecule has 1 amide bonds. The van der Waals surface area contributed by atoms with E-state index in [2.05, 4.69) is 45.4 Å². The zero-order valence-electron chi connectivity index (χ0n) is 18.3. The van der Waals surface area contributed by atoms with Crippen LogP contribution < -0.4 is 16.0 Å². The molecule has 1 aliphatic carbocycles. The summed E-state index contributed by atoms with van der Waals surface area (Å²) >= 11 is 1.81. The topological polar surface area (TPSA) is 74.8 Å². The molecule has 1 atom stereocenters. The smallest absolute Gasteiger partial charge is 0.407 e. The number of rotatable bonds is 6. The van der Waals surface area contributed by atoms with E-state index in [1.54, 1.807) is 0 Å². The first-order chi connectivity index (χ1) is 13.2. The SMILES string of the molecule is CN=C(NCC(C)Cc1cccs1)NC1CCC(NC(=O)OC(C)(C)C)CC1.I. The number of carbonyl (C=O) groups is 1. The second-order valence-electron chi connectivity index (χ2n) is 8.68. The number of ether oxygens (including phenoxy) is 1. The van der Waals surface area contributed by atoms with Crippen molar-refractivity contribution in [3.8, 4) is 0 Å². The third-order valence-corrected chi connectivity index (χ3v) is 5.66. The second-order valence-corrected chi connectivity index (χ2v) is 9.71. The van der Waals surface area contributed by atoms with Crippen molar-refractivity contribution in [1.82, 2.24) is 16.0 Å². The highest BCUT2D eigenvalue weighted by molar-refractivity contribution is 14.0. The van der Waals surface area contributed by atoms with E-state index in [1.807, 2.05) is 39.2 Å². The first-order valence-electron chi connectivity index (χ1n) is 10.2. The van der Waals surface area contributed by atoms with Crippen LogP contribution in [0.4, 0.5) is 4.79 Å². The summed E-state index contributed by atoms with van der Waals surface area (Å²) < 4.78 is 5.35. The van der Waals surface area contributed by atoms with Gasteiger partial charge in [0.15, 0.2) is 5.96 Å². The van der Waals surface area contributed by atoms with Gasteiger partial charge >= 0.3 is 6.09 Å². The summed E-state index contributed by atoms with van der Waals surface area (Å²) in [6.07, 6.45) is 4.67. The lowest BCUT2D eigenvalue weighted by Crippen LogP contribution is -2.48. The number of nitrogens with one attached hydrogen (secondary N) is 3. The summed E-state index contributed by atoms with van der Waals surface area (Å²) in [5.41, 5.74) is -0.457. The monoisotopic (exact) mass is 536 g/mol. The van der Waals surface area contributed by atoms with Crippen LogP contribution in [0.25, 0.3) is 0 Å². The van der Waals surface area contributed by atoms with Crippen molar-refractivity contribution in [2.45, 2.75) is 77.5 Å². The third kappa shape index (κ3) is 10.5. The van der Waals surface area contributed by atoms with Crippen molar-refractivity contribution in [3.63, 3.8) is 0 Å². The molecule has 29 heavy (non-hydrogen) atoms. The number of thiophene rings is 1. The Bertz CT molecular complexity index is 623. The van der Waals surface area contributed by atoms with Gasteiger partial charge in [0.25, 0.3) is 0 Å². The fourth-order valence-electron chi connectivity index (χ4n) is 3.36. The van der Waals surface area contributed by atoms with Gasteiger partial charge in [-0.15, -0.1) is 35.3 Å². The number of nitrogens with zero attached hydrogens (tertiary/aromatic N) is 1. The van der Waals surface area contributed by atoms with Crippen molar-refractivity contribution in [3.05, 3.63) is 22.4 Å². The Balaban J connectivity index is 0.00000420. The molecule has 1 aromatic heterocycles. The van der Waals surface area contributed by atoms with E-state index in [4.69, 9.17) is 4.74 Å². The van der Waals surface area contributed by atoms with Gasteiger partial charge in [-0.05, 0) is 70.2 Å². The molecule has 0 saturated heterocycles. The van der Waals surface area contributed by atoms with Gasteiger partial charge < -0.3 is 20.7 Å². The summed E-state index contributed by atoms with van der Waals surface area (Å²) in [6, 6.07) is 4.87. The summed E-state index contributed by atoms with van der Waals surface area (Å²) in [7, 11) is 1.81. The zero-order chi connectivity index (χ0) is 20.6. The maximum Gasteiger partial charge on any atom is 0.407 e. The van der Waals surface area contributed by atoms with Crippen LogP contribution in [0.15, 0.2) is 22.5 Å². The van der Waals surface area contributed by atoms with Crippen molar-refractivity contribution >= 4 is 47.4 Å². The molecule has 8 heteroatoms. The zero-order valence-corrected chi connectivity index (χ0v) is 21.4. The number of guanidine groups is 1. The highest BCUT2D eigenvalue weighted by atomic mass is 127. The molecule has 0 spiro atoms. The van der Waals surface area contributed by atoms with E-state index in [0.717, 1.165) is 44.6 Å². The van der Waals surface area contributed by atoms with Gasteiger partial charge in [-0.2, -0.15) is 0 Å². The van der Waals surface area contributed by atoms with Crippen LogP contribution in [-0.2, 0) is 11.2 Å². The molecule has 0 aliphatic heterocycles. The van der Waals surface area contributed by atoms with Gasteiger partial charge in [0.05, 0.1) is 0 Å². The minimum Gasteiger partial charge on any atom is -0.444 e. The van der Waals surface area contributed by atoms with E-state index in [0.29, 0.717) is 12.0 Å². The number of alkyl carbamates (subject to hydrolysis) is 1. The molecule has 0 radical (unpaired) electrons. The number of amides is 1. The fraction of sp³-hybridized carbons (Fsp3) is 0.714.